The first kappa shape index (κ1) is 12.8. The number of ether oxygens (including phenoxy) is 1. The van der Waals surface area contributed by atoms with Crippen LogP contribution in [-0.2, 0) is 9.53 Å². The molecule has 1 N–H and O–H groups in total. The van der Waals surface area contributed by atoms with Gasteiger partial charge in [-0.25, -0.2) is 0 Å². The van der Waals surface area contributed by atoms with Gasteiger partial charge in [-0.2, -0.15) is 0 Å². The summed E-state index contributed by atoms with van der Waals surface area (Å²) < 4.78 is 5.07. The smallest absolute Gasteiger partial charge is 0.251 e. The second-order valence-corrected chi connectivity index (χ2v) is 5.46. The van der Waals surface area contributed by atoms with Gasteiger partial charge in [0, 0.05) is 26.1 Å². The highest BCUT2D eigenvalue weighted by Gasteiger charge is 2.44. The Bertz CT molecular complexity index is 294. The van der Waals surface area contributed by atoms with Gasteiger partial charge in [0.2, 0.25) is 0 Å². The molecule has 1 saturated carbocycles. The Hall–Kier alpha value is -0.610. The van der Waals surface area contributed by atoms with Crippen LogP contribution in [0.1, 0.15) is 39.0 Å². The van der Waals surface area contributed by atoms with Gasteiger partial charge >= 0.3 is 0 Å². The Balaban J connectivity index is 1.99. The third-order valence-corrected chi connectivity index (χ3v) is 4.44. The second kappa shape index (κ2) is 4.94. The molecule has 1 amide bonds. The molecule has 3 atom stereocenters. The van der Waals surface area contributed by atoms with Gasteiger partial charge in [-0.05, 0) is 26.2 Å². The summed E-state index contributed by atoms with van der Waals surface area (Å²) in [4.78, 5) is 13.9. The fraction of sp³-hybridized carbons (Fsp3) is 0.923. The van der Waals surface area contributed by atoms with Crippen molar-refractivity contribution in [3.63, 3.8) is 0 Å². The highest BCUT2D eigenvalue weighted by molar-refractivity contribution is 5.80. The molecule has 2 rings (SSSR count). The molecule has 1 heterocycles. The summed E-state index contributed by atoms with van der Waals surface area (Å²) in [6.07, 6.45) is 4.59. The molecule has 3 unspecified atom stereocenters. The third kappa shape index (κ3) is 2.47. The molecule has 1 saturated heterocycles. The summed E-state index contributed by atoms with van der Waals surface area (Å²) in [6.45, 7) is 3.15. The number of piperidine rings is 1. The van der Waals surface area contributed by atoms with E-state index in [1.54, 1.807) is 14.0 Å². The van der Waals surface area contributed by atoms with Gasteiger partial charge < -0.3 is 14.7 Å². The van der Waals surface area contributed by atoms with E-state index in [-0.39, 0.29) is 17.9 Å². The van der Waals surface area contributed by atoms with Crippen molar-refractivity contribution in [3.8, 4) is 0 Å². The first-order valence-electron chi connectivity index (χ1n) is 6.61. The number of rotatable bonds is 2. The number of hydrogen-bond acceptors (Lipinski definition) is 3. The summed E-state index contributed by atoms with van der Waals surface area (Å²) in [5, 5.41) is 10.5. The van der Waals surface area contributed by atoms with E-state index in [9.17, 15) is 9.90 Å². The summed E-state index contributed by atoms with van der Waals surface area (Å²) in [6, 6.07) is 0. The van der Waals surface area contributed by atoms with E-state index in [1.165, 1.54) is 6.42 Å². The molecule has 0 aromatic heterocycles. The maximum absolute atomic E-state index is 12.0. The van der Waals surface area contributed by atoms with Crippen molar-refractivity contribution in [3.05, 3.63) is 0 Å². The SMILES string of the molecule is COC(C)C(=O)N1CCC2(O)CCCCC2C1. The van der Waals surface area contributed by atoms with Gasteiger partial charge in [-0.15, -0.1) is 0 Å². The number of methoxy groups -OCH3 is 1. The Kier molecular flexibility index (Phi) is 3.73. The number of likely N-dealkylation sites (tertiary alicyclic amines) is 1. The summed E-state index contributed by atoms with van der Waals surface area (Å²) in [5.74, 6) is 0.318. The molecular formula is C13H23NO3. The molecule has 17 heavy (non-hydrogen) atoms. The molecule has 2 fully saturated rings. The van der Waals surface area contributed by atoms with Crippen molar-refractivity contribution < 1.29 is 14.6 Å². The van der Waals surface area contributed by atoms with Crippen molar-refractivity contribution in [1.82, 2.24) is 4.90 Å². The maximum atomic E-state index is 12.0. The molecule has 0 aromatic rings. The quantitative estimate of drug-likeness (QED) is 0.789. The lowest BCUT2D eigenvalue weighted by molar-refractivity contribution is -0.152. The van der Waals surface area contributed by atoms with E-state index in [0.717, 1.165) is 25.7 Å². The van der Waals surface area contributed by atoms with Crippen LogP contribution in [0.15, 0.2) is 0 Å². The highest BCUT2D eigenvalue weighted by atomic mass is 16.5. The first-order valence-corrected chi connectivity index (χ1v) is 6.61. The Morgan fingerprint density at radius 3 is 2.94 bits per heavy atom. The number of amides is 1. The van der Waals surface area contributed by atoms with Crippen LogP contribution in [0.2, 0.25) is 0 Å². The molecule has 4 heteroatoms. The average molecular weight is 241 g/mol. The minimum atomic E-state index is -0.509. The van der Waals surface area contributed by atoms with E-state index in [2.05, 4.69) is 0 Å². The minimum absolute atomic E-state index is 0.0557. The van der Waals surface area contributed by atoms with Crippen LogP contribution in [-0.4, -0.2) is 47.8 Å². The van der Waals surface area contributed by atoms with Gasteiger partial charge in [-0.1, -0.05) is 12.8 Å². The summed E-state index contributed by atoms with van der Waals surface area (Å²) >= 11 is 0. The third-order valence-electron chi connectivity index (χ3n) is 4.44. The Morgan fingerprint density at radius 1 is 1.47 bits per heavy atom. The number of fused-ring (bicyclic) bond motifs is 1. The standard InChI is InChI=1S/C13H23NO3/c1-10(17-2)12(15)14-8-7-13(16)6-4-3-5-11(13)9-14/h10-11,16H,3-9H2,1-2H3. The molecule has 0 aromatic carbocycles. The van der Waals surface area contributed by atoms with Gasteiger partial charge in [-0.3, -0.25) is 4.79 Å². The van der Waals surface area contributed by atoms with Crippen LogP contribution in [0.4, 0.5) is 0 Å². The zero-order valence-corrected chi connectivity index (χ0v) is 10.8. The Labute approximate surface area is 103 Å². The van der Waals surface area contributed by atoms with Crippen molar-refractivity contribution >= 4 is 5.91 Å². The van der Waals surface area contributed by atoms with Crippen LogP contribution in [0.25, 0.3) is 0 Å². The largest absolute Gasteiger partial charge is 0.389 e. The van der Waals surface area contributed by atoms with Crippen LogP contribution >= 0.6 is 0 Å². The van der Waals surface area contributed by atoms with Crippen molar-refractivity contribution in [2.75, 3.05) is 20.2 Å². The van der Waals surface area contributed by atoms with Gasteiger partial charge in [0.15, 0.2) is 0 Å². The molecule has 2 aliphatic rings. The minimum Gasteiger partial charge on any atom is -0.389 e. The molecule has 0 bridgehead atoms. The van der Waals surface area contributed by atoms with Crippen LogP contribution in [0, 0.1) is 5.92 Å². The molecule has 1 aliphatic carbocycles. The summed E-state index contributed by atoms with van der Waals surface area (Å²) in [5.41, 5.74) is -0.509. The number of carbonyl (C=O) groups is 1. The maximum Gasteiger partial charge on any atom is 0.251 e. The molecule has 98 valence electrons. The second-order valence-electron chi connectivity index (χ2n) is 5.46. The Morgan fingerprint density at radius 2 is 2.24 bits per heavy atom. The monoisotopic (exact) mass is 241 g/mol. The lowest BCUT2D eigenvalue weighted by Crippen LogP contribution is -2.56. The molecule has 0 radical (unpaired) electrons. The lowest BCUT2D eigenvalue weighted by atomic mass is 9.71. The topological polar surface area (TPSA) is 49.8 Å². The van der Waals surface area contributed by atoms with Gasteiger partial charge in [0.1, 0.15) is 6.10 Å². The molecular weight excluding hydrogens is 218 g/mol. The number of carbonyl (C=O) groups excluding carboxylic acids is 1. The van der Waals surface area contributed by atoms with E-state index in [1.807, 2.05) is 4.90 Å². The van der Waals surface area contributed by atoms with Crippen LogP contribution in [0.5, 0.6) is 0 Å². The molecule has 0 spiro atoms. The van der Waals surface area contributed by atoms with Gasteiger partial charge in [0.25, 0.3) is 5.91 Å². The predicted molar refractivity (Wildman–Crippen MR) is 64.6 cm³/mol. The van der Waals surface area contributed by atoms with E-state index < -0.39 is 5.60 Å². The summed E-state index contributed by atoms with van der Waals surface area (Å²) in [7, 11) is 1.56. The number of aliphatic hydroxyl groups is 1. The fourth-order valence-corrected chi connectivity index (χ4v) is 3.13. The fourth-order valence-electron chi connectivity index (χ4n) is 3.13. The zero-order valence-electron chi connectivity index (χ0n) is 10.8. The predicted octanol–water partition coefficient (Wildman–Crippen LogP) is 1.17. The number of hydrogen-bond donors (Lipinski definition) is 1. The van der Waals surface area contributed by atoms with Crippen LogP contribution in [0.3, 0.4) is 0 Å². The normalized spacial score (nSPS) is 35.2. The highest BCUT2D eigenvalue weighted by Crippen LogP contribution is 2.39. The van der Waals surface area contributed by atoms with E-state index in [4.69, 9.17) is 4.74 Å². The number of nitrogens with zero attached hydrogens (tertiary/aromatic N) is 1. The van der Waals surface area contributed by atoms with E-state index >= 15 is 0 Å². The van der Waals surface area contributed by atoms with E-state index in [0.29, 0.717) is 13.1 Å². The molecule has 4 nitrogen and oxygen atoms in total. The lowest BCUT2D eigenvalue weighted by Gasteiger charge is -2.47. The average Bonchev–Trinajstić information content (AvgIpc) is 2.35. The first-order chi connectivity index (χ1) is 8.07. The molecule has 1 aliphatic heterocycles. The zero-order chi connectivity index (χ0) is 12.5. The van der Waals surface area contributed by atoms with Gasteiger partial charge in [0.05, 0.1) is 5.60 Å². The van der Waals surface area contributed by atoms with Crippen molar-refractivity contribution in [1.29, 1.82) is 0 Å². The van der Waals surface area contributed by atoms with Crippen molar-refractivity contribution in [2.24, 2.45) is 5.92 Å². The van der Waals surface area contributed by atoms with Crippen LogP contribution < -0.4 is 0 Å². The van der Waals surface area contributed by atoms with Crippen molar-refractivity contribution in [2.45, 2.75) is 50.7 Å².